The summed E-state index contributed by atoms with van der Waals surface area (Å²) in [5, 5.41) is 0.719. The Kier molecular flexibility index (Phi) is 10.1. The van der Waals surface area contributed by atoms with Gasteiger partial charge in [-0.1, -0.05) is 50.4 Å². The second-order valence-electron chi connectivity index (χ2n) is 8.92. The molecule has 4 nitrogen and oxygen atoms in total. The van der Waals surface area contributed by atoms with Crippen LogP contribution in [0.4, 0.5) is 8.78 Å². The van der Waals surface area contributed by atoms with Gasteiger partial charge in [-0.25, -0.2) is 8.78 Å². The van der Waals surface area contributed by atoms with Crippen LogP contribution in [-0.4, -0.2) is 48.5 Å². The fourth-order valence-corrected chi connectivity index (χ4v) is 4.30. The molecule has 2 aromatic carbocycles. The Balaban J connectivity index is 1.55. The van der Waals surface area contributed by atoms with Crippen LogP contribution in [0.5, 0.6) is 5.75 Å². The molecule has 2 aromatic rings. The van der Waals surface area contributed by atoms with Crippen LogP contribution in [0.2, 0.25) is 5.02 Å². The number of alkyl halides is 2. The highest BCUT2D eigenvalue weighted by molar-refractivity contribution is 6.30. The third kappa shape index (κ3) is 7.67. The van der Waals surface area contributed by atoms with Gasteiger partial charge in [0.05, 0.1) is 0 Å². The van der Waals surface area contributed by atoms with Crippen molar-refractivity contribution in [2.45, 2.75) is 58.4 Å². The second kappa shape index (κ2) is 13.1. The Labute approximate surface area is 206 Å². The van der Waals surface area contributed by atoms with Gasteiger partial charge in [-0.3, -0.25) is 9.69 Å². The molecule has 2 atom stereocenters. The molecule has 186 valence electrons. The molecular weight excluding hydrogens is 458 g/mol. The number of halogens is 3. The van der Waals surface area contributed by atoms with Gasteiger partial charge < -0.3 is 9.64 Å². The SMILES string of the molecule is CCCC(F)c1cc(OCC(=O)N2CCN(Cc3ccc(Cl)cc3)CC2)cc(C(F)CCC)c1. The number of amides is 1. The predicted octanol–water partition coefficient (Wildman–Crippen LogP) is 6.68. The average molecular weight is 493 g/mol. The molecule has 1 saturated heterocycles. The average Bonchev–Trinajstić information content (AvgIpc) is 2.84. The van der Waals surface area contributed by atoms with Crippen molar-refractivity contribution in [2.75, 3.05) is 32.8 Å². The lowest BCUT2D eigenvalue weighted by molar-refractivity contribution is -0.135. The van der Waals surface area contributed by atoms with Gasteiger partial charge in [-0.2, -0.15) is 0 Å². The minimum Gasteiger partial charge on any atom is -0.484 e. The Hall–Kier alpha value is -2.18. The van der Waals surface area contributed by atoms with Crippen LogP contribution >= 0.6 is 11.6 Å². The van der Waals surface area contributed by atoms with Crippen molar-refractivity contribution >= 4 is 17.5 Å². The van der Waals surface area contributed by atoms with Crippen molar-refractivity contribution in [3.63, 3.8) is 0 Å². The highest BCUT2D eigenvalue weighted by Crippen LogP contribution is 2.32. The summed E-state index contributed by atoms with van der Waals surface area (Å²) in [6.07, 6.45) is -0.230. The minimum atomic E-state index is -1.18. The van der Waals surface area contributed by atoms with Crippen molar-refractivity contribution in [3.8, 4) is 5.75 Å². The molecule has 1 aliphatic heterocycles. The predicted molar refractivity (Wildman–Crippen MR) is 133 cm³/mol. The number of carbonyl (C=O) groups is 1. The molecule has 0 aliphatic carbocycles. The van der Waals surface area contributed by atoms with E-state index in [1.54, 1.807) is 23.1 Å². The van der Waals surface area contributed by atoms with E-state index in [-0.39, 0.29) is 12.5 Å². The zero-order valence-corrected chi connectivity index (χ0v) is 20.9. The summed E-state index contributed by atoms with van der Waals surface area (Å²) >= 11 is 5.95. The lowest BCUT2D eigenvalue weighted by Gasteiger charge is -2.34. The fourth-order valence-electron chi connectivity index (χ4n) is 4.17. The maximum Gasteiger partial charge on any atom is 0.260 e. The minimum absolute atomic E-state index is 0.117. The smallest absolute Gasteiger partial charge is 0.260 e. The number of rotatable bonds is 11. The Morgan fingerprint density at radius 3 is 2.03 bits per heavy atom. The molecule has 1 amide bonds. The monoisotopic (exact) mass is 492 g/mol. The van der Waals surface area contributed by atoms with Gasteiger partial charge in [0, 0.05) is 37.7 Å². The highest BCUT2D eigenvalue weighted by Gasteiger charge is 2.22. The molecule has 1 aliphatic rings. The molecule has 7 heteroatoms. The van der Waals surface area contributed by atoms with E-state index in [0.717, 1.165) is 24.7 Å². The van der Waals surface area contributed by atoms with Crippen molar-refractivity contribution < 1.29 is 18.3 Å². The first-order chi connectivity index (χ1) is 16.4. The molecule has 0 radical (unpaired) electrons. The van der Waals surface area contributed by atoms with Crippen molar-refractivity contribution in [1.29, 1.82) is 0 Å². The standard InChI is InChI=1S/C27H35ClF2N2O2/c1-3-5-25(29)21-15-22(26(30)6-4-2)17-24(16-21)34-19-27(33)32-13-11-31(12-14-32)18-20-7-9-23(28)10-8-20/h7-10,15-17,25-26H,3-6,11-14,18-19H2,1-2H3. The lowest BCUT2D eigenvalue weighted by Crippen LogP contribution is -2.49. The van der Waals surface area contributed by atoms with E-state index < -0.39 is 12.3 Å². The molecule has 3 rings (SSSR count). The van der Waals surface area contributed by atoms with Gasteiger partial charge in [-0.05, 0) is 59.9 Å². The number of hydrogen-bond acceptors (Lipinski definition) is 3. The first-order valence-electron chi connectivity index (χ1n) is 12.2. The lowest BCUT2D eigenvalue weighted by atomic mass is 9.99. The summed E-state index contributed by atoms with van der Waals surface area (Å²) in [6.45, 7) is 7.28. The molecule has 0 bridgehead atoms. The van der Waals surface area contributed by atoms with E-state index in [2.05, 4.69) is 4.90 Å². The van der Waals surface area contributed by atoms with Crippen LogP contribution in [0.3, 0.4) is 0 Å². The summed E-state index contributed by atoms with van der Waals surface area (Å²) in [5.41, 5.74) is 2.01. The zero-order chi connectivity index (χ0) is 24.5. The van der Waals surface area contributed by atoms with E-state index in [1.165, 1.54) is 5.56 Å². The Bertz CT molecular complexity index is 887. The third-order valence-corrected chi connectivity index (χ3v) is 6.42. The number of piperazine rings is 1. The number of benzene rings is 2. The molecular formula is C27H35ClF2N2O2. The topological polar surface area (TPSA) is 32.8 Å². The molecule has 0 N–H and O–H groups in total. The Morgan fingerprint density at radius 1 is 0.941 bits per heavy atom. The van der Waals surface area contributed by atoms with E-state index in [4.69, 9.17) is 16.3 Å². The maximum atomic E-state index is 14.6. The highest BCUT2D eigenvalue weighted by atomic mass is 35.5. The maximum absolute atomic E-state index is 14.6. The molecule has 0 saturated carbocycles. The van der Waals surface area contributed by atoms with E-state index in [0.29, 0.717) is 55.6 Å². The van der Waals surface area contributed by atoms with Crippen molar-refractivity contribution in [3.05, 3.63) is 64.2 Å². The van der Waals surface area contributed by atoms with E-state index in [1.807, 2.05) is 38.1 Å². The largest absolute Gasteiger partial charge is 0.484 e. The normalized spacial score (nSPS) is 16.3. The molecule has 2 unspecified atom stereocenters. The quantitative estimate of drug-likeness (QED) is 0.350. The van der Waals surface area contributed by atoms with Crippen LogP contribution < -0.4 is 4.74 Å². The van der Waals surface area contributed by atoms with Crippen LogP contribution in [0.1, 0.15) is 68.6 Å². The summed E-state index contributed by atoms with van der Waals surface area (Å²) < 4.78 is 34.9. The van der Waals surface area contributed by atoms with Crippen LogP contribution in [-0.2, 0) is 11.3 Å². The number of nitrogens with zero attached hydrogens (tertiary/aromatic N) is 2. The number of hydrogen-bond donors (Lipinski definition) is 0. The molecule has 1 fully saturated rings. The van der Waals surface area contributed by atoms with Crippen LogP contribution in [0.15, 0.2) is 42.5 Å². The number of carbonyl (C=O) groups excluding carboxylic acids is 1. The van der Waals surface area contributed by atoms with Gasteiger partial charge in [0.1, 0.15) is 18.1 Å². The molecule has 0 spiro atoms. The van der Waals surface area contributed by atoms with Crippen molar-refractivity contribution in [2.24, 2.45) is 0 Å². The Morgan fingerprint density at radius 2 is 1.50 bits per heavy atom. The van der Waals surface area contributed by atoms with Gasteiger partial charge in [-0.15, -0.1) is 0 Å². The van der Waals surface area contributed by atoms with Gasteiger partial charge in [0.25, 0.3) is 5.91 Å². The first kappa shape index (κ1) is 26.4. The zero-order valence-electron chi connectivity index (χ0n) is 20.1. The summed E-state index contributed by atoms with van der Waals surface area (Å²) in [6, 6.07) is 12.6. The summed E-state index contributed by atoms with van der Waals surface area (Å²) in [5.74, 6) is 0.230. The number of ether oxygens (including phenoxy) is 1. The second-order valence-corrected chi connectivity index (χ2v) is 9.36. The van der Waals surface area contributed by atoms with Gasteiger partial charge in [0.15, 0.2) is 6.61 Å². The van der Waals surface area contributed by atoms with Gasteiger partial charge in [0.2, 0.25) is 0 Å². The first-order valence-corrected chi connectivity index (χ1v) is 12.6. The fraction of sp³-hybridized carbons (Fsp3) is 0.519. The summed E-state index contributed by atoms with van der Waals surface area (Å²) in [7, 11) is 0. The third-order valence-electron chi connectivity index (χ3n) is 6.17. The van der Waals surface area contributed by atoms with Crippen LogP contribution in [0, 0.1) is 0 Å². The molecule has 1 heterocycles. The molecule has 0 aromatic heterocycles. The summed E-state index contributed by atoms with van der Waals surface area (Å²) in [4.78, 5) is 16.8. The van der Waals surface area contributed by atoms with Gasteiger partial charge >= 0.3 is 0 Å². The van der Waals surface area contributed by atoms with Crippen molar-refractivity contribution in [1.82, 2.24) is 9.80 Å². The van der Waals surface area contributed by atoms with E-state index >= 15 is 0 Å². The van der Waals surface area contributed by atoms with Crippen LogP contribution in [0.25, 0.3) is 0 Å². The van der Waals surface area contributed by atoms with E-state index in [9.17, 15) is 13.6 Å². The molecule has 34 heavy (non-hydrogen) atoms.